The Morgan fingerprint density at radius 1 is 1.00 bits per heavy atom. The van der Waals surface area contributed by atoms with Crippen LogP contribution in [0.3, 0.4) is 0 Å². The molecule has 0 fully saturated rings. The Hall–Kier alpha value is -0.603. The van der Waals surface area contributed by atoms with E-state index in [4.69, 9.17) is 0 Å². The van der Waals surface area contributed by atoms with E-state index in [2.05, 4.69) is 10.2 Å². The summed E-state index contributed by atoms with van der Waals surface area (Å²) in [5.74, 6) is 0. The van der Waals surface area contributed by atoms with Gasteiger partial charge in [0.2, 0.25) is 0 Å². The summed E-state index contributed by atoms with van der Waals surface area (Å²) in [7, 11) is 3.36. The summed E-state index contributed by atoms with van der Waals surface area (Å²) in [6.07, 6.45) is 0. The molecule has 1 nitrogen and oxygen atoms in total. The molecule has 41 valence electrons. The van der Waals surface area contributed by atoms with Crippen LogP contribution in [-0.2, 0) is 0 Å². The number of hydrogen-bond donors (Lipinski definition) is 1. The van der Waals surface area contributed by atoms with Crippen LogP contribution in [0.15, 0.2) is 30.3 Å². The van der Waals surface area contributed by atoms with Gasteiger partial charge in [-0.25, -0.2) is 0 Å². The second-order valence-electron chi connectivity index (χ2n) is 1.37. The Kier molecular flexibility index (Phi) is 3.15. The number of benzene rings is 1. The highest BCUT2D eigenvalue weighted by Gasteiger charge is 1.72. The first-order valence-electron chi connectivity index (χ1n) is 2.16. The van der Waals surface area contributed by atoms with Crippen molar-refractivity contribution >= 4 is 15.4 Å². The summed E-state index contributed by atoms with van der Waals surface area (Å²) < 4.78 is 0. The first kappa shape index (κ1) is 7.40. The van der Waals surface area contributed by atoms with Gasteiger partial charge in [0.25, 0.3) is 0 Å². The molecule has 0 amide bonds. The van der Waals surface area contributed by atoms with E-state index in [1.807, 2.05) is 30.3 Å². The fourth-order valence-corrected chi connectivity index (χ4v) is 0.631. The average Bonchev–Trinajstić information content (AvgIpc) is 1.69. The molecular weight excluding hydrogens is 114 g/mol. The summed E-state index contributed by atoms with van der Waals surface area (Å²) in [4.78, 5) is 0. The molecule has 1 rings (SSSR count). The molecule has 0 heterocycles. The standard InChI is InChI=1S/C6H5Si.H3N/c7-6-4-2-1-3-5-6;/h1-5H;1H3. The molecule has 2 heteroatoms. The van der Waals surface area contributed by atoms with Crippen molar-refractivity contribution < 1.29 is 0 Å². The van der Waals surface area contributed by atoms with Crippen LogP contribution in [0.4, 0.5) is 0 Å². The molecule has 0 atom stereocenters. The highest BCUT2D eigenvalue weighted by atomic mass is 28.1. The molecule has 1 aromatic carbocycles. The van der Waals surface area contributed by atoms with Crippen molar-refractivity contribution in [2.45, 2.75) is 0 Å². The van der Waals surface area contributed by atoms with E-state index in [1.54, 1.807) is 0 Å². The molecule has 0 bridgehead atoms. The van der Waals surface area contributed by atoms with Crippen molar-refractivity contribution in [2.24, 2.45) is 0 Å². The quantitative estimate of drug-likeness (QED) is 0.504. The summed E-state index contributed by atoms with van der Waals surface area (Å²) in [6, 6.07) is 9.96. The molecule has 3 N–H and O–H groups in total. The molecule has 0 saturated carbocycles. The van der Waals surface area contributed by atoms with Crippen LogP contribution < -0.4 is 11.3 Å². The van der Waals surface area contributed by atoms with Gasteiger partial charge in [0.05, 0.1) is 10.2 Å². The lowest BCUT2D eigenvalue weighted by Crippen LogP contribution is -1.97. The SMILES string of the molecule is N.[Si]c1ccccc1. The molecule has 0 aliphatic rings. The van der Waals surface area contributed by atoms with E-state index in [0.717, 1.165) is 5.19 Å². The highest BCUT2D eigenvalue weighted by molar-refractivity contribution is 6.32. The summed E-state index contributed by atoms with van der Waals surface area (Å²) in [6.45, 7) is 0. The van der Waals surface area contributed by atoms with Crippen molar-refractivity contribution in [3.63, 3.8) is 0 Å². The lowest BCUT2D eigenvalue weighted by molar-refractivity contribution is 1.78. The molecule has 0 aromatic heterocycles. The second kappa shape index (κ2) is 3.41. The minimum absolute atomic E-state index is 0. The van der Waals surface area contributed by atoms with Crippen molar-refractivity contribution in [3.05, 3.63) is 30.3 Å². The van der Waals surface area contributed by atoms with Gasteiger partial charge in [-0.05, 0) is 0 Å². The van der Waals surface area contributed by atoms with Crippen molar-refractivity contribution in [1.82, 2.24) is 6.15 Å². The maximum Gasteiger partial charge on any atom is 0.0711 e. The van der Waals surface area contributed by atoms with Crippen LogP contribution in [0, 0.1) is 0 Å². The van der Waals surface area contributed by atoms with Crippen LogP contribution in [0.5, 0.6) is 0 Å². The zero-order chi connectivity index (χ0) is 5.11. The average molecular weight is 122 g/mol. The third-order valence-electron chi connectivity index (χ3n) is 0.774. The summed E-state index contributed by atoms with van der Waals surface area (Å²) >= 11 is 0. The Bertz CT molecular complexity index is 138. The van der Waals surface area contributed by atoms with Gasteiger partial charge in [0.1, 0.15) is 0 Å². The smallest absolute Gasteiger partial charge is 0.0711 e. The molecule has 0 aliphatic carbocycles. The summed E-state index contributed by atoms with van der Waals surface area (Å²) in [5.41, 5.74) is 0. The zero-order valence-electron chi connectivity index (χ0n) is 4.59. The fourth-order valence-electron chi connectivity index (χ4n) is 0.438. The van der Waals surface area contributed by atoms with E-state index in [-0.39, 0.29) is 6.15 Å². The van der Waals surface area contributed by atoms with E-state index in [9.17, 15) is 0 Å². The predicted octanol–water partition coefficient (Wildman–Crippen LogP) is 0.642. The monoisotopic (exact) mass is 122 g/mol. The van der Waals surface area contributed by atoms with Gasteiger partial charge in [-0.2, -0.15) is 0 Å². The van der Waals surface area contributed by atoms with Gasteiger partial charge >= 0.3 is 0 Å². The van der Waals surface area contributed by atoms with Crippen molar-refractivity contribution in [2.75, 3.05) is 0 Å². The summed E-state index contributed by atoms with van der Waals surface area (Å²) in [5, 5.41) is 1.13. The Morgan fingerprint density at radius 2 is 1.50 bits per heavy atom. The lowest BCUT2D eigenvalue weighted by atomic mass is 10.4. The maximum atomic E-state index is 3.36. The molecule has 0 aliphatic heterocycles. The Balaban J connectivity index is 0.000000490. The largest absolute Gasteiger partial charge is 0.344 e. The van der Waals surface area contributed by atoms with Gasteiger partial charge in [-0.3, -0.25) is 0 Å². The van der Waals surface area contributed by atoms with E-state index in [1.165, 1.54) is 0 Å². The van der Waals surface area contributed by atoms with Gasteiger partial charge < -0.3 is 6.15 Å². The van der Waals surface area contributed by atoms with E-state index < -0.39 is 0 Å². The van der Waals surface area contributed by atoms with Crippen LogP contribution in [0.1, 0.15) is 0 Å². The predicted molar refractivity (Wildman–Crippen MR) is 36.9 cm³/mol. The van der Waals surface area contributed by atoms with Crippen molar-refractivity contribution in [1.29, 1.82) is 0 Å². The third kappa shape index (κ3) is 1.91. The lowest BCUT2D eigenvalue weighted by Gasteiger charge is -1.82. The fraction of sp³-hybridized carbons (Fsp3) is 0. The molecule has 0 unspecified atom stereocenters. The molecule has 8 heavy (non-hydrogen) atoms. The molecule has 0 saturated heterocycles. The molecule has 3 radical (unpaired) electrons. The van der Waals surface area contributed by atoms with Crippen molar-refractivity contribution in [3.8, 4) is 0 Å². The number of rotatable bonds is 0. The minimum Gasteiger partial charge on any atom is -0.344 e. The van der Waals surface area contributed by atoms with Crippen LogP contribution >= 0.6 is 0 Å². The normalized spacial score (nSPS) is 7.62. The first-order chi connectivity index (χ1) is 3.39. The number of hydrogen-bond acceptors (Lipinski definition) is 1. The van der Waals surface area contributed by atoms with Gasteiger partial charge in [0.15, 0.2) is 0 Å². The first-order valence-corrected chi connectivity index (χ1v) is 2.66. The zero-order valence-corrected chi connectivity index (χ0v) is 5.59. The minimum atomic E-state index is 0. The van der Waals surface area contributed by atoms with Crippen LogP contribution in [0.25, 0.3) is 0 Å². The molecule has 1 aromatic rings. The van der Waals surface area contributed by atoms with E-state index >= 15 is 0 Å². The Morgan fingerprint density at radius 3 is 1.75 bits per heavy atom. The second-order valence-corrected chi connectivity index (χ2v) is 1.94. The maximum absolute atomic E-state index is 3.36. The highest BCUT2D eigenvalue weighted by Crippen LogP contribution is 1.76. The third-order valence-corrected chi connectivity index (χ3v) is 1.11. The van der Waals surface area contributed by atoms with Crippen LogP contribution in [0.2, 0.25) is 0 Å². The van der Waals surface area contributed by atoms with Gasteiger partial charge in [-0.15, -0.1) is 0 Å². The van der Waals surface area contributed by atoms with Crippen LogP contribution in [-0.4, -0.2) is 10.2 Å². The molecular formula is C6H8NSi. The van der Waals surface area contributed by atoms with E-state index in [0.29, 0.717) is 0 Å². The van der Waals surface area contributed by atoms with Gasteiger partial charge in [0, 0.05) is 0 Å². The topological polar surface area (TPSA) is 35.0 Å². The molecule has 0 spiro atoms. The Labute approximate surface area is 52.7 Å². The van der Waals surface area contributed by atoms with Gasteiger partial charge in [-0.1, -0.05) is 35.5 Å².